The van der Waals surface area contributed by atoms with Crippen LogP contribution in [0, 0.1) is 0 Å². The number of ether oxygens (including phenoxy) is 1. The molecule has 0 amide bonds. The molecule has 1 aliphatic carbocycles. The second-order valence-corrected chi connectivity index (χ2v) is 4.48. The SMILES string of the molecule is COC(=O)C(C)Nc1cc(Cl)nc(C2CC2)n1. The van der Waals surface area contributed by atoms with Gasteiger partial charge >= 0.3 is 5.97 Å². The highest BCUT2D eigenvalue weighted by Gasteiger charge is 2.27. The van der Waals surface area contributed by atoms with Crippen molar-refractivity contribution < 1.29 is 9.53 Å². The molecule has 0 aliphatic heterocycles. The van der Waals surface area contributed by atoms with Crippen LogP contribution in [0.3, 0.4) is 0 Å². The maximum Gasteiger partial charge on any atom is 0.328 e. The van der Waals surface area contributed by atoms with E-state index in [1.807, 2.05) is 0 Å². The van der Waals surface area contributed by atoms with Crippen molar-refractivity contribution in [2.24, 2.45) is 0 Å². The quantitative estimate of drug-likeness (QED) is 0.658. The molecule has 1 aromatic heterocycles. The van der Waals surface area contributed by atoms with Crippen LogP contribution in [0.1, 0.15) is 31.5 Å². The second kappa shape index (κ2) is 4.87. The standard InChI is InChI=1S/C11H14ClN3O2/c1-6(11(16)17-2)13-9-5-8(12)14-10(15-9)7-3-4-7/h5-7H,3-4H2,1-2H3,(H,13,14,15). The molecule has 0 bridgehead atoms. The largest absolute Gasteiger partial charge is 0.467 e. The van der Waals surface area contributed by atoms with Crippen LogP contribution < -0.4 is 5.32 Å². The van der Waals surface area contributed by atoms with E-state index < -0.39 is 6.04 Å². The maximum atomic E-state index is 11.3. The van der Waals surface area contributed by atoms with Gasteiger partial charge in [0.2, 0.25) is 0 Å². The summed E-state index contributed by atoms with van der Waals surface area (Å²) in [5.41, 5.74) is 0. The molecule has 92 valence electrons. The van der Waals surface area contributed by atoms with E-state index in [9.17, 15) is 4.79 Å². The molecule has 1 aliphatic rings. The van der Waals surface area contributed by atoms with Crippen LogP contribution in [0.2, 0.25) is 5.15 Å². The first-order chi connectivity index (χ1) is 8.10. The number of aromatic nitrogens is 2. The van der Waals surface area contributed by atoms with Gasteiger partial charge in [-0.2, -0.15) is 0 Å². The van der Waals surface area contributed by atoms with Gasteiger partial charge in [-0.05, 0) is 19.8 Å². The van der Waals surface area contributed by atoms with Crippen molar-refractivity contribution >= 4 is 23.4 Å². The average Bonchev–Trinajstić information content (AvgIpc) is 3.10. The molecule has 1 atom stereocenters. The Balaban J connectivity index is 2.12. The lowest BCUT2D eigenvalue weighted by Crippen LogP contribution is -2.27. The lowest BCUT2D eigenvalue weighted by atomic mass is 10.3. The fraction of sp³-hybridized carbons (Fsp3) is 0.545. The minimum Gasteiger partial charge on any atom is -0.467 e. The van der Waals surface area contributed by atoms with Gasteiger partial charge in [0.15, 0.2) is 0 Å². The molecule has 6 heteroatoms. The van der Waals surface area contributed by atoms with Crippen molar-refractivity contribution in [2.75, 3.05) is 12.4 Å². The van der Waals surface area contributed by atoms with Crippen molar-refractivity contribution in [2.45, 2.75) is 31.7 Å². The first-order valence-electron chi connectivity index (χ1n) is 5.49. The van der Waals surface area contributed by atoms with E-state index in [-0.39, 0.29) is 5.97 Å². The van der Waals surface area contributed by atoms with Crippen LogP contribution >= 0.6 is 11.6 Å². The molecule has 1 heterocycles. The van der Waals surface area contributed by atoms with Crippen molar-refractivity contribution in [1.82, 2.24) is 9.97 Å². The summed E-state index contributed by atoms with van der Waals surface area (Å²) in [6.07, 6.45) is 2.21. The first kappa shape index (κ1) is 12.1. The molecule has 1 N–H and O–H groups in total. The van der Waals surface area contributed by atoms with E-state index >= 15 is 0 Å². The number of nitrogens with zero attached hydrogens (tertiary/aromatic N) is 2. The number of anilines is 1. The van der Waals surface area contributed by atoms with Gasteiger partial charge in [-0.25, -0.2) is 14.8 Å². The maximum absolute atomic E-state index is 11.3. The van der Waals surface area contributed by atoms with E-state index in [2.05, 4.69) is 20.0 Å². The smallest absolute Gasteiger partial charge is 0.328 e. The van der Waals surface area contributed by atoms with Crippen molar-refractivity contribution in [1.29, 1.82) is 0 Å². The summed E-state index contributed by atoms with van der Waals surface area (Å²) in [7, 11) is 1.35. The van der Waals surface area contributed by atoms with Crippen molar-refractivity contribution in [3.05, 3.63) is 17.0 Å². The van der Waals surface area contributed by atoms with Crippen LogP contribution in [0.15, 0.2) is 6.07 Å². The van der Waals surface area contributed by atoms with Crippen LogP contribution in [-0.4, -0.2) is 29.1 Å². The summed E-state index contributed by atoms with van der Waals surface area (Å²) in [5.74, 6) is 1.39. The van der Waals surface area contributed by atoms with Crippen LogP contribution in [0.4, 0.5) is 5.82 Å². The third-order valence-corrected chi connectivity index (χ3v) is 2.77. The van der Waals surface area contributed by atoms with Gasteiger partial charge in [0.25, 0.3) is 0 Å². The topological polar surface area (TPSA) is 64.1 Å². The molecular formula is C11H14ClN3O2. The lowest BCUT2D eigenvalue weighted by molar-refractivity contribution is -0.141. The number of hydrogen-bond donors (Lipinski definition) is 1. The Morgan fingerprint density at radius 1 is 1.59 bits per heavy atom. The highest BCUT2D eigenvalue weighted by atomic mass is 35.5. The van der Waals surface area contributed by atoms with E-state index in [4.69, 9.17) is 11.6 Å². The normalized spacial score (nSPS) is 16.4. The lowest BCUT2D eigenvalue weighted by Gasteiger charge is -2.12. The fourth-order valence-corrected chi connectivity index (χ4v) is 1.68. The molecule has 1 aromatic rings. The van der Waals surface area contributed by atoms with Crippen molar-refractivity contribution in [3.8, 4) is 0 Å². The van der Waals surface area contributed by atoms with E-state index in [0.29, 0.717) is 16.9 Å². The number of nitrogens with one attached hydrogen (secondary N) is 1. The van der Waals surface area contributed by atoms with Gasteiger partial charge in [-0.15, -0.1) is 0 Å². The van der Waals surface area contributed by atoms with Crippen LogP contribution in [0.5, 0.6) is 0 Å². The summed E-state index contributed by atoms with van der Waals surface area (Å²) < 4.78 is 4.63. The molecular weight excluding hydrogens is 242 g/mol. The Bertz CT molecular complexity index is 435. The summed E-state index contributed by atoms with van der Waals surface area (Å²) in [6, 6.07) is 1.14. The minimum absolute atomic E-state index is 0.340. The molecule has 17 heavy (non-hydrogen) atoms. The predicted octanol–water partition coefficient (Wildman–Crippen LogP) is 1.98. The monoisotopic (exact) mass is 255 g/mol. The number of halogens is 1. The number of rotatable bonds is 4. The van der Waals surface area contributed by atoms with Gasteiger partial charge in [-0.3, -0.25) is 0 Å². The number of methoxy groups -OCH3 is 1. The first-order valence-corrected chi connectivity index (χ1v) is 5.87. The zero-order chi connectivity index (χ0) is 12.4. The Labute approximate surface area is 105 Å². The molecule has 2 rings (SSSR count). The van der Waals surface area contributed by atoms with Gasteiger partial charge in [0.05, 0.1) is 7.11 Å². The highest BCUT2D eigenvalue weighted by Crippen LogP contribution is 2.38. The molecule has 5 nitrogen and oxygen atoms in total. The summed E-state index contributed by atoms with van der Waals surface area (Å²) in [4.78, 5) is 19.8. The predicted molar refractivity (Wildman–Crippen MR) is 64.1 cm³/mol. The molecule has 0 aromatic carbocycles. The molecule has 0 spiro atoms. The third-order valence-electron chi connectivity index (χ3n) is 2.57. The third kappa shape index (κ3) is 3.06. The number of esters is 1. The minimum atomic E-state index is -0.460. The zero-order valence-corrected chi connectivity index (χ0v) is 10.5. The van der Waals surface area contributed by atoms with E-state index in [1.54, 1.807) is 13.0 Å². The number of carbonyl (C=O) groups excluding carboxylic acids is 1. The van der Waals surface area contributed by atoms with Gasteiger partial charge < -0.3 is 10.1 Å². The van der Waals surface area contributed by atoms with E-state index in [1.165, 1.54) is 7.11 Å². The van der Waals surface area contributed by atoms with Gasteiger partial charge in [0.1, 0.15) is 22.8 Å². The van der Waals surface area contributed by atoms with Gasteiger partial charge in [-0.1, -0.05) is 11.6 Å². The Hall–Kier alpha value is -1.36. The van der Waals surface area contributed by atoms with Crippen molar-refractivity contribution in [3.63, 3.8) is 0 Å². The van der Waals surface area contributed by atoms with Gasteiger partial charge in [0, 0.05) is 12.0 Å². The Morgan fingerprint density at radius 2 is 2.29 bits per heavy atom. The summed E-state index contributed by atoms with van der Waals surface area (Å²) >= 11 is 5.91. The Morgan fingerprint density at radius 3 is 2.88 bits per heavy atom. The molecule has 1 fully saturated rings. The Kier molecular flexibility index (Phi) is 3.47. The molecule has 1 unspecified atom stereocenters. The zero-order valence-electron chi connectivity index (χ0n) is 9.74. The van der Waals surface area contributed by atoms with Crippen LogP contribution in [-0.2, 0) is 9.53 Å². The molecule has 0 saturated heterocycles. The van der Waals surface area contributed by atoms with E-state index in [0.717, 1.165) is 18.7 Å². The average molecular weight is 256 g/mol. The summed E-state index contributed by atoms with van der Waals surface area (Å²) in [6.45, 7) is 1.71. The molecule has 1 saturated carbocycles. The summed E-state index contributed by atoms with van der Waals surface area (Å²) in [5, 5.41) is 3.34. The highest BCUT2D eigenvalue weighted by molar-refractivity contribution is 6.29. The fourth-order valence-electron chi connectivity index (χ4n) is 1.49. The molecule has 0 radical (unpaired) electrons. The number of hydrogen-bond acceptors (Lipinski definition) is 5. The second-order valence-electron chi connectivity index (χ2n) is 4.10. The number of carbonyl (C=O) groups is 1. The van der Waals surface area contributed by atoms with Crippen LogP contribution in [0.25, 0.3) is 0 Å².